The van der Waals surface area contributed by atoms with Gasteiger partial charge < -0.3 is 4.98 Å². The second-order valence-electron chi connectivity index (χ2n) is 3.98. The van der Waals surface area contributed by atoms with Gasteiger partial charge in [0, 0.05) is 23.8 Å². The Morgan fingerprint density at radius 2 is 1.88 bits per heavy atom. The minimum Gasteiger partial charge on any atom is -0.327 e. The number of nitrogens with one attached hydrogen (secondary N) is 1. The normalized spacial score (nSPS) is 18.2. The van der Waals surface area contributed by atoms with Crippen molar-refractivity contribution in [3.05, 3.63) is 27.1 Å². The Bertz CT molecular complexity index is 561. The van der Waals surface area contributed by atoms with Crippen molar-refractivity contribution in [3.8, 4) is 0 Å². The fourth-order valence-corrected chi connectivity index (χ4v) is 3.96. The number of rotatable bonds is 2. The first-order valence-electron chi connectivity index (χ1n) is 5.40. The summed E-state index contributed by atoms with van der Waals surface area (Å²) in [4.78, 5) is 13.8. The molecular formula is C10H13BrN2O3S. The van der Waals surface area contributed by atoms with Crippen LogP contribution in [0.5, 0.6) is 0 Å². The van der Waals surface area contributed by atoms with Gasteiger partial charge in [-0.3, -0.25) is 4.79 Å². The molecule has 0 spiro atoms. The molecule has 2 rings (SSSR count). The number of halogens is 1. The molecule has 1 saturated heterocycles. The smallest absolute Gasteiger partial charge is 0.268 e. The highest BCUT2D eigenvalue weighted by molar-refractivity contribution is 9.10. The Hall–Kier alpha value is -0.660. The number of hydrogen-bond donors (Lipinski definition) is 1. The van der Waals surface area contributed by atoms with Gasteiger partial charge in [0.25, 0.3) is 5.56 Å². The Balaban J connectivity index is 2.43. The number of aromatic amines is 1. The predicted octanol–water partition coefficient (Wildman–Crippen LogP) is 1.31. The number of aromatic nitrogens is 1. The van der Waals surface area contributed by atoms with E-state index in [9.17, 15) is 13.2 Å². The Kier molecular flexibility index (Phi) is 3.70. The van der Waals surface area contributed by atoms with Crippen LogP contribution in [0.1, 0.15) is 19.3 Å². The molecule has 1 fully saturated rings. The number of H-pyrrole nitrogens is 1. The van der Waals surface area contributed by atoms with Crippen molar-refractivity contribution in [2.45, 2.75) is 24.2 Å². The van der Waals surface area contributed by atoms with E-state index in [1.807, 2.05) is 0 Å². The maximum Gasteiger partial charge on any atom is 0.268 e. The SMILES string of the molecule is O=c1[nH]cc(Br)cc1S(=O)(=O)N1CCCCC1. The van der Waals surface area contributed by atoms with Crippen LogP contribution in [0.15, 0.2) is 26.4 Å². The van der Waals surface area contributed by atoms with Gasteiger partial charge in [0.05, 0.1) is 0 Å². The van der Waals surface area contributed by atoms with E-state index in [2.05, 4.69) is 20.9 Å². The van der Waals surface area contributed by atoms with Gasteiger partial charge in [-0.2, -0.15) is 4.31 Å². The summed E-state index contributed by atoms with van der Waals surface area (Å²) in [6, 6.07) is 1.35. The zero-order valence-electron chi connectivity index (χ0n) is 9.15. The van der Waals surface area contributed by atoms with Crippen LogP contribution in [-0.4, -0.2) is 30.8 Å². The molecular weight excluding hydrogens is 308 g/mol. The van der Waals surface area contributed by atoms with E-state index < -0.39 is 15.6 Å². The lowest BCUT2D eigenvalue weighted by Crippen LogP contribution is -2.38. The lowest BCUT2D eigenvalue weighted by molar-refractivity contribution is 0.346. The van der Waals surface area contributed by atoms with Crippen LogP contribution in [0.2, 0.25) is 0 Å². The summed E-state index contributed by atoms with van der Waals surface area (Å²) >= 11 is 3.16. The lowest BCUT2D eigenvalue weighted by Gasteiger charge is -2.25. The third kappa shape index (κ3) is 2.61. The standard InChI is InChI=1S/C10H13BrN2O3S/c11-8-6-9(10(14)12-7-8)17(15,16)13-4-2-1-3-5-13/h6-7H,1-5H2,(H,12,14). The topological polar surface area (TPSA) is 70.2 Å². The number of nitrogens with zero attached hydrogens (tertiary/aromatic N) is 1. The lowest BCUT2D eigenvalue weighted by atomic mass is 10.2. The van der Waals surface area contributed by atoms with Gasteiger partial charge in [0.15, 0.2) is 0 Å². The molecule has 0 saturated carbocycles. The Morgan fingerprint density at radius 3 is 2.53 bits per heavy atom. The van der Waals surface area contributed by atoms with Crippen molar-refractivity contribution in [3.63, 3.8) is 0 Å². The van der Waals surface area contributed by atoms with E-state index in [4.69, 9.17) is 0 Å². The van der Waals surface area contributed by atoms with E-state index in [1.54, 1.807) is 0 Å². The number of piperidine rings is 1. The van der Waals surface area contributed by atoms with Crippen molar-refractivity contribution in [1.29, 1.82) is 0 Å². The first kappa shape index (κ1) is 12.8. The number of sulfonamides is 1. The molecule has 0 amide bonds. The van der Waals surface area contributed by atoms with Crippen LogP contribution < -0.4 is 5.56 Å². The molecule has 1 N–H and O–H groups in total. The molecule has 17 heavy (non-hydrogen) atoms. The third-order valence-electron chi connectivity index (χ3n) is 2.77. The van der Waals surface area contributed by atoms with Crippen molar-refractivity contribution >= 4 is 26.0 Å². The molecule has 5 nitrogen and oxygen atoms in total. The van der Waals surface area contributed by atoms with Crippen molar-refractivity contribution in [1.82, 2.24) is 9.29 Å². The summed E-state index contributed by atoms with van der Waals surface area (Å²) in [5.74, 6) is 0. The predicted molar refractivity (Wildman–Crippen MR) is 67.4 cm³/mol. The first-order chi connectivity index (χ1) is 8.01. The molecule has 0 bridgehead atoms. The molecule has 1 aromatic heterocycles. The van der Waals surface area contributed by atoms with E-state index in [-0.39, 0.29) is 4.90 Å². The average molecular weight is 321 g/mol. The zero-order chi connectivity index (χ0) is 12.5. The highest BCUT2D eigenvalue weighted by atomic mass is 79.9. The zero-order valence-corrected chi connectivity index (χ0v) is 11.6. The van der Waals surface area contributed by atoms with Crippen LogP contribution in [0, 0.1) is 0 Å². The largest absolute Gasteiger partial charge is 0.327 e. The maximum absolute atomic E-state index is 12.2. The molecule has 0 aliphatic carbocycles. The Morgan fingerprint density at radius 1 is 1.24 bits per heavy atom. The fourth-order valence-electron chi connectivity index (χ4n) is 1.87. The summed E-state index contributed by atoms with van der Waals surface area (Å²) in [6.07, 6.45) is 4.18. The fraction of sp³-hybridized carbons (Fsp3) is 0.500. The van der Waals surface area contributed by atoms with E-state index >= 15 is 0 Å². The van der Waals surface area contributed by atoms with Gasteiger partial charge in [0.1, 0.15) is 4.90 Å². The van der Waals surface area contributed by atoms with E-state index in [0.29, 0.717) is 17.6 Å². The molecule has 94 valence electrons. The van der Waals surface area contributed by atoms with Crippen molar-refractivity contribution < 1.29 is 8.42 Å². The molecule has 1 aliphatic rings. The van der Waals surface area contributed by atoms with Crippen LogP contribution in [0.25, 0.3) is 0 Å². The van der Waals surface area contributed by atoms with Crippen LogP contribution in [0.3, 0.4) is 0 Å². The van der Waals surface area contributed by atoms with Crippen LogP contribution >= 0.6 is 15.9 Å². The summed E-state index contributed by atoms with van der Waals surface area (Å²) in [5.41, 5.74) is -0.571. The quantitative estimate of drug-likeness (QED) is 0.893. The monoisotopic (exact) mass is 320 g/mol. The van der Waals surface area contributed by atoms with Gasteiger partial charge in [-0.15, -0.1) is 0 Å². The van der Waals surface area contributed by atoms with Gasteiger partial charge >= 0.3 is 0 Å². The first-order valence-corrected chi connectivity index (χ1v) is 7.63. The number of hydrogen-bond acceptors (Lipinski definition) is 3. The molecule has 0 unspecified atom stereocenters. The summed E-state index contributed by atoms with van der Waals surface area (Å²) in [5, 5.41) is 0. The van der Waals surface area contributed by atoms with Crippen molar-refractivity contribution in [2.75, 3.05) is 13.1 Å². The average Bonchev–Trinajstić information content (AvgIpc) is 2.33. The summed E-state index contributed by atoms with van der Waals surface area (Å²) in [6.45, 7) is 0.989. The summed E-state index contributed by atoms with van der Waals surface area (Å²) in [7, 11) is -3.66. The second-order valence-corrected chi connectivity index (χ2v) is 6.80. The molecule has 0 aromatic carbocycles. The van der Waals surface area contributed by atoms with E-state index in [0.717, 1.165) is 19.3 Å². The van der Waals surface area contributed by atoms with Crippen LogP contribution in [-0.2, 0) is 10.0 Å². The van der Waals surface area contributed by atoms with Gasteiger partial charge in [-0.1, -0.05) is 6.42 Å². The van der Waals surface area contributed by atoms with Gasteiger partial charge in [-0.25, -0.2) is 8.42 Å². The summed E-state index contributed by atoms with van der Waals surface area (Å²) < 4.78 is 26.4. The minimum absolute atomic E-state index is 0.186. The van der Waals surface area contributed by atoms with Crippen LogP contribution in [0.4, 0.5) is 0 Å². The second kappa shape index (κ2) is 4.91. The van der Waals surface area contributed by atoms with Gasteiger partial charge in [-0.05, 0) is 34.8 Å². The molecule has 7 heteroatoms. The number of pyridine rings is 1. The molecule has 2 heterocycles. The van der Waals surface area contributed by atoms with Gasteiger partial charge in [0.2, 0.25) is 10.0 Å². The maximum atomic E-state index is 12.2. The Labute approximate surface area is 108 Å². The van der Waals surface area contributed by atoms with E-state index in [1.165, 1.54) is 16.6 Å². The highest BCUT2D eigenvalue weighted by Crippen LogP contribution is 2.19. The molecule has 0 atom stereocenters. The minimum atomic E-state index is -3.66. The highest BCUT2D eigenvalue weighted by Gasteiger charge is 2.28. The van der Waals surface area contributed by atoms with Crippen molar-refractivity contribution in [2.24, 2.45) is 0 Å². The molecule has 1 aromatic rings. The third-order valence-corrected chi connectivity index (χ3v) is 5.13. The molecule has 0 radical (unpaired) electrons. The molecule has 1 aliphatic heterocycles.